The first-order valence-electron chi connectivity index (χ1n) is 7.49. The standard InChI is InChI=1S/C15H25N3OS/c1-2-3-6-14(16)15(19)18-9-7-17(8-10-18)12-13-5-4-11-20-13/h4-5,11,14H,2-3,6-10,12,16H2,1H3/t14-/m0/s1. The lowest BCUT2D eigenvalue weighted by Crippen LogP contribution is -2.52. The van der Waals surface area contributed by atoms with E-state index in [0.29, 0.717) is 0 Å². The van der Waals surface area contributed by atoms with Crippen LogP contribution < -0.4 is 5.73 Å². The second-order valence-electron chi connectivity index (χ2n) is 5.43. The zero-order valence-electron chi connectivity index (χ0n) is 12.3. The van der Waals surface area contributed by atoms with E-state index in [1.807, 2.05) is 4.90 Å². The monoisotopic (exact) mass is 295 g/mol. The molecule has 0 unspecified atom stereocenters. The molecule has 1 fully saturated rings. The molecule has 20 heavy (non-hydrogen) atoms. The molecule has 4 nitrogen and oxygen atoms in total. The maximum atomic E-state index is 12.2. The number of carbonyl (C=O) groups excluding carboxylic acids is 1. The molecule has 2 N–H and O–H groups in total. The first-order valence-corrected chi connectivity index (χ1v) is 8.37. The first-order chi connectivity index (χ1) is 9.70. The highest BCUT2D eigenvalue weighted by molar-refractivity contribution is 7.09. The molecule has 0 bridgehead atoms. The van der Waals surface area contributed by atoms with Gasteiger partial charge in [0.25, 0.3) is 0 Å². The van der Waals surface area contributed by atoms with Gasteiger partial charge in [-0.15, -0.1) is 11.3 Å². The number of amides is 1. The van der Waals surface area contributed by atoms with Gasteiger partial charge >= 0.3 is 0 Å². The van der Waals surface area contributed by atoms with Gasteiger partial charge in [-0.1, -0.05) is 25.8 Å². The van der Waals surface area contributed by atoms with E-state index in [4.69, 9.17) is 5.73 Å². The van der Waals surface area contributed by atoms with Crippen LogP contribution in [0, 0.1) is 0 Å². The summed E-state index contributed by atoms with van der Waals surface area (Å²) in [6.45, 7) is 6.64. The van der Waals surface area contributed by atoms with Gasteiger partial charge in [0.15, 0.2) is 0 Å². The molecule has 1 aromatic rings. The fourth-order valence-corrected chi connectivity index (χ4v) is 3.28. The largest absolute Gasteiger partial charge is 0.339 e. The highest BCUT2D eigenvalue weighted by atomic mass is 32.1. The minimum atomic E-state index is -0.307. The number of piperazine rings is 1. The number of nitrogens with two attached hydrogens (primary N) is 1. The van der Waals surface area contributed by atoms with E-state index in [1.165, 1.54) is 4.88 Å². The number of unbranched alkanes of at least 4 members (excludes halogenated alkanes) is 1. The van der Waals surface area contributed by atoms with Crippen molar-refractivity contribution in [3.05, 3.63) is 22.4 Å². The van der Waals surface area contributed by atoms with Gasteiger partial charge in [-0.2, -0.15) is 0 Å². The van der Waals surface area contributed by atoms with Crippen LogP contribution in [0.3, 0.4) is 0 Å². The van der Waals surface area contributed by atoms with Crippen molar-refractivity contribution in [2.24, 2.45) is 5.73 Å². The van der Waals surface area contributed by atoms with Crippen LogP contribution >= 0.6 is 11.3 Å². The quantitative estimate of drug-likeness (QED) is 0.872. The lowest BCUT2D eigenvalue weighted by atomic mass is 10.1. The molecule has 1 amide bonds. The zero-order chi connectivity index (χ0) is 14.4. The summed E-state index contributed by atoms with van der Waals surface area (Å²) in [5.74, 6) is 0.134. The van der Waals surface area contributed by atoms with E-state index in [0.717, 1.165) is 52.0 Å². The van der Waals surface area contributed by atoms with Crippen LogP contribution in [0.15, 0.2) is 17.5 Å². The van der Waals surface area contributed by atoms with Crippen LogP contribution in [0.4, 0.5) is 0 Å². The molecule has 1 atom stereocenters. The highest BCUT2D eigenvalue weighted by Gasteiger charge is 2.24. The number of thiophene rings is 1. The Hall–Kier alpha value is -0.910. The molecule has 2 heterocycles. The second kappa shape index (κ2) is 7.76. The van der Waals surface area contributed by atoms with Gasteiger partial charge in [0.1, 0.15) is 0 Å². The summed E-state index contributed by atoms with van der Waals surface area (Å²) in [7, 11) is 0. The van der Waals surface area contributed by atoms with Crippen LogP contribution in [-0.2, 0) is 11.3 Å². The Bertz CT molecular complexity index is 399. The van der Waals surface area contributed by atoms with E-state index >= 15 is 0 Å². The highest BCUT2D eigenvalue weighted by Crippen LogP contribution is 2.14. The maximum Gasteiger partial charge on any atom is 0.239 e. The molecule has 0 aromatic carbocycles. The van der Waals surface area contributed by atoms with Crippen molar-refractivity contribution in [3.63, 3.8) is 0 Å². The smallest absolute Gasteiger partial charge is 0.239 e. The van der Waals surface area contributed by atoms with Crippen molar-refractivity contribution in [3.8, 4) is 0 Å². The van der Waals surface area contributed by atoms with Crippen LogP contribution in [0.1, 0.15) is 31.1 Å². The maximum absolute atomic E-state index is 12.2. The number of hydrogen-bond acceptors (Lipinski definition) is 4. The molecule has 2 rings (SSSR count). The number of nitrogens with zero attached hydrogens (tertiary/aromatic N) is 2. The molecule has 0 saturated carbocycles. The lowest BCUT2D eigenvalue weighted by molar-refractivity contribution is -0.134. The van der Waals surface area contributed by atoms with Crippen LogP contribution in [0.5, 0.6) is 0 Å². The van der Waals surface area contributed by atoms with Crippen molar-refractivity contribution in [2.45, 2.75) is 38.8 Å². The third kappa shape index (κ3) is 4.30. The van der Waals surface area contributed by atoms with E-state index in [2.05, 4.69) is 29.3 Å². The summed E-state index contributed by atoms with van der Waals surface area (Å²) >= 11 is 1.80. The lowest BCUT2D eigenvalue weighted by Gasteiger charge is -2.35. The Balaban J connectivity index is 1.74. The molecule has 0 spiro atoms. The average Bonchev–Trinajstić information content (AvgIpc) is 2.97. The third-order valence-corrected chi connectivity index (χ3v) is 4.69. The van der Waals surface area contributed by atoms with Gasteiger partial charge in [-0.05, 0) is 17.9 Å². The summed E-state index contributed by atoms with van der Waals surface area (Å²) in [6, 6.07) is 3.95. The fraction of sp³-hybridized carbons (Fsp3) is 0.667. The van der Waals surface area contributed by atoms with Crippen molar-refractivity contribution < 1.29 is 4.79 Å². The summed E-state index contributed by atoms with van der Waals surface area (Å²) in [5.41, 5.74) is 5.98. The SMILES string of the molecule is CCCC[C@H](N)C(=O)N1CCN(Cc2cccs2)CC1. The van der Waals surface area contributed by atoms with E-state index in [-0.39, 0.29) is 11.9 Å². The molecule has 1 saturated heterocycles. The van der Waals surface area contributed by atoms with Crippen molar-refractivity contribution >= 4 is 17.2 Å². The van der Waals surface area contributed by atoms with Gasteiger partial charge in [0, 0.05) is 37.6 Å². The zero-order valence-corrected chi connectivity index (χ0v) is 13.1. The van der Waals surface area contributed by atoms with E-state index in [1.54, 1.807) is 11.3 Å². The Morgan fingerprint density at radius 3 is 2.75 bits per heavy atom. The Kier molecular flexibility index (Phi) is 6.01. The molecular formula is C15H25N3OS. The van der Waals surface area contributed by atoms with Gasteiger partial charge in [-0.3, -0.25) is 9.69 Å². The minimum absolute atomic E-state index is 0.134. The minimum Gasteiger partial charge on any atom is -0.339 e. The van der Waals surface area contributed by atoms with Crippen molar-refractivity contribution in [1.82, 2.24) is 9.80 Å². The van der Waals surface area contributed by atoms with Crippen LogP contribution in [0.25, 0.3) is 0 Å². The molecule has 0 radical (unpaired) electrons. The Morgan fingerprint density at radius 2 is 2.15 bits per heavy atom. The van der Waals surface area contributed by atoms with Gasteiger partial charge in [0.2, 0.25) is 5.91 Å². The Morgan fingerprint density at radius 1 is 1.40 bits per heavy atom. The normalized spacial score (nSPS) is 18.2. The predicted molar refractivity (Wildman–Crippen MR) is 83.7 cm³/mol. The topological polar surface area (TPSA) is 49.6 Å². The fourth-order valence-electron chi connectivity index (χ4n) is 2.53. The van der Waals surface area contributed by atoms with Crippen LogP contribution in [0.2, 0.25) is 0 Å². The summed E-state index contributed by atoms with van der Waals surface area (Å²) < 4.78 is 0. The molecule has 112 valence electrons. The van der Waals surface area contributed by atoms with Gasteiger partial charge in [-0.25, -0.2) is 0 Å². The summed E-state index contributed by atoms with van der Waals surface area (Å²) in [6.07, 6.45) is 2.94. The van der Waals surface area contributed by atoms with Gasteiger partial charge in [0.05, 0.1) is 6.04 Å². The number of carbonyl (C=O) groups is 1. The third-order valence-electron chi connectivity index (χ3n) is 3.83. The molecule has 5 heteroatoms. The first kappa shape index (κ1) is 15.5. The van der Waals surface area contributed by atoms with E-state index < -0.39 is 0 Å². The predicted octanol–water partition coefficient (Wildman–Crippen LogP) is 1.91. The van der Waals surface area contributed by atoms with Crippen molar-refractivity contribution in [2.75, 3.05) is 26.2 Å². The molecule has 0 aliphatic carbocycles. The molecule has 1 aromatic heterocycles. The summed E-state index contributed by atoms with van der Waals surface area (Å²) in [5, 5.41) is 2.11. The number of hydrogen-bond donors (Lipinski definition) is 1. The van der Waals surface area contributed by atoms with Crippen LogP contribution in [-0.4, -0.2) is 47.9 Å². The van der Waals surface area contributed by atoms with Gasteiger partial charge < -0.3 is 10.6 Å². The molecule has 1 aliphatic rings. The van der Waals surface area contributed by atoms with Crippen molar-refractivity contribution in [1.29, 1.82) is 0 Å². The second-order valence-corrected chi connectivity index (χ2v) is 6.46. The Labute approximate surface area is 125 Å². The average molecular weight is 295 g/mol. The molecule has 1 aliphatic heterocycles. The van der Waals surface area contributed by atoms with E-state index in [9.17, 15) is 4.79 Å². The molecular weight excluding hydrogens is 270 g/mol. The number of rotatable bonds is 6. The summed E-state index contributed by atoms with van der Waals surface area (Å²) in [4.78, 5) is 18.0.